The number of pyridine rings is 1. The molecule has 0 aromatic carbocycles. The highest BCUT2D eigenvalue weighted by atomic mass is 35.5. The number of carbonyl (C=O) groups is 2. The van der Waals surface area contributed by atoms with Gasteiger partial charge in [0.15, 0.2) is 12.0 Å². The number of esters is 1. The summed E-state index contributed by atoms with van der Waals surface area (Å²) in [6.07, 6.45) is 1.85. The molecular formula is C11H12ClNO3. The lowest BCUT2D eigenvalue weighted by molar-refractivity contribution is 0.00615. The van der Waals surface area contributed by atoms with Gasteiger partial charge >= 0.3 is 5.97 Å². The van der Waals surface area contributed by atoms with Crippen molar-refractivity contribution in [2.75, 3.05) is 0 Å². The van der Waals surface area contributed by atoms with E-state index < -0.39 is 11.6 Å². The summed E-state index contributed by atoms with van der Waals surface area (Å²) in [5.41, 5.74) is -0.642. The predicted molar refractivity (Wildman–Crippen MR) is 59.8 cm³/mol. The summed E-state index contributed by atoms with van der Waals surface area (Å²) in [6, 6.07) is 1.44. The molecule has 0 N–H and O–H groups in total. The number of hydrogen-bond acceptors (Lipinski definition) is 4. The smallest absolute Gasteiger partial charge is 0.358 e. The molecule has 0 spiro atoms. The maximum absolute atomic E-state index is 11.7. The minimum atomic E-state index is -0.655. The van der Waals surface area contributed by atoms with Gasteiger partial charge in [-0.3, -0.25) is 4.79 Å². The number of halogens is 1. The average molecular weight is 242 g/mol. The minimum absolute atomic E-state index is 0.0541. The molecule has 86 valence electrons. The lowest BCUT2D eigenvalue weighted by Gasteiger charge is -2.19. The van der Waals surface area contributed by atoms with Gasteiger partial charge in [-0.05, 0) is 26.8 Å². The first kappa shape index (κ1) is 12.6. The Morgan fingerprint density at radius 1 is 1.50 bits per heavy atom. The molecular weight excluding hydrogens is 230 g/mol. The van der Waals surface area contributed by atoms with Crippen LogP contribution < -0.4 is 0 Å². The van der Waals surface area contributed by atoms with Crippen molar-refractivity contribution in [3.05, 3.63) is 28.5 Å². The van der Waals surface area contributed by atoms with E-state index in [1.807, 2.05) is 0 Å². The Morgan fingerprint density at radius 2 is 2.12 bits per heavy atom. The maximum Gasteiger partial charge on any atom is 0.358 e. The van der Waals surface area contributed by atoms with Gasteiger partial charge < -0.3 is 4.74 Å². The normalized spacial score (nSPS) is 11.0. The van der Waals surface area contributed by atoms with E-state index in [1.54, 1.807) is 20.8 Å². The van der Waals surface area contributed by atoms with E-state index in [2.05, 4.69) is 4.98 Å². The second-order valence-corrected chi connectivity index (χ2v) is 4.58. The van der Waals surface area contributed by atoms with Crippen LogP contribution in [0.15, 0.2) is 12.3 Å². The van der Waals surface area contributed by atoms with Gasteiger partial charge in [0.25, 0.3) is 0 Å². The molecule has 1 heterocycles. The van der Waals surface area contributed by atoms with E-state index in [9.17, 15) is 9.59 Å². The zero-order chi connectivity index (χ0) is 12.3. The first-order valence-electron chi connectivity index (χ1n) is 4.68. The number of ether oxygens (including phenoxy) is 1. The number of nitrogens with zero attached hydrogens (tertiary/aromatic N) is 1. The second kappa shape index (κ2) is 4.61. The molecule has 16 heavy (non-hydrogen) atoms. The van der Waals surface area contributed by atoms with Crippen molar-refractivity contribution >= 4 is 23.9 Å². The van der Waals surface area contributed by atoms with Crippen LogP contribution in [0.4, 0.5) is 0 Å². The SMILES string of the molecule is CC(C)(C)OC(=O)c1nccc(Cl)c1C=O. The van der Waals surface area contributed by atoms with Crippen LogP contribution >= 0.6 is 11.6 Å². The highest BCUT2D eigenvalue weighted by Crippen LogP contribution is 2.18. The molecule has 0 amide bonds. The number of aromatic nitrogens is 1. The van der Waals surface area contributed by atoms with Crippen molar-refractivity contribution in [1.82, 2.24) is 4.98 Å². The van der Waals surface area contributed by atoms with Gasteiger partial charge in [-0.25, -0.2) is 9.78 Å². The quantitative estimate of drug-likeness (QED) is 0.590. The van der Waals surface area contributed by atoms with Gasteiger partial charge in [0, 0.05) is 6.20 Å². The van der Waals surface area contributed by atoms with Crippen LogP contribution in [-0.4, -0.2) is 22.8 Å². The third-order valence-electron chi connectivity index (χ3n) is 1.65. The highest BCUT2D eigenvalue weighted by molar-refractivity contribution is 6.33. The molecule has 0 radical (unpaired) electrons. The first-order chi connectivity index (χ1) is 7.35. The Balaban J connectivity index is 3.09. The summed E-state index contributed by atoms with van der Waals surface area (Å²) in [7, 11) is 0. The zero-order valence-corrected chi connectivity index (χ0v) is 10.0. The Kier molecular flexibility index (Phi) is 3.65. The molecule has 0 fully saturated rings. The lowest BCUT2D eigenvalue weighted by Crippen LogP contribution is -2.25. The summed E-state index contributed by atoms with van der Waals surface area (Å²) in [5, 5.41) is 0.186. The number of aldehydes is 1. The summed E-state index contributed by atoms with van der Waals surface area (Å²) >= 11 is 5.77. The van der Waals surface area contributed by atoms with E-state index in [0.717, 1.165) is 0 Å². The van der Waals surface area contributed by atoms with Crippen molar-refractivity contribution in [1.29, 1.82) is 0 Å². The van der Waals surface area contributed by atoms with E-state index in [1.165, 1.54) is 12.3 Å². The van der Waals surface area contributed by atoms with E-state index in [-0.39, 0.29) is 16.3 Å². The van der Waals surface area contributed by atoms with Crippen molar-refractivity contribution in [2.45, 2.75) is 26.4 Å². The summed E-state index contributed by atoms with van der Waals surface area (Å²) in [4.78, 5) is 26.3. The van der Waals surface area contributed by atoms with Crippen LogP contribution in [0, 0.1) is 0 Å². The van der Waals surface area contributed by atoms with Crippen molar-refractivity contribution in [3.63, 3.8) is 0 Å². The summed E-state index contributed by atoms with van der Waals surface area (Å²) in [5.74, 6) is -0.655. The average Bonchev–Trinajstić information content (AvgIpc) is 2.14. The molecule has 0 atom stereocenters. The standard InChI is InChI=1S/C11H12ClNO3/c1-11(2,3)16-10(15)9-7(6-14)8(12)4-5-13-9/h4-6H,1-3H3. The van der Waals surface area contributed by atoms with Crippen LogP contribution in [0.1, 0.15) is 41.6 Å². The largest absolute Gasteiger partial charge is 0.455 e. The summed E-state index contributed by atoms with van der Waals surface area (Å²) < 4.78 is 5.10. The van der Waals surface area contributed by atoms with Crippen LogP contribution in [0.2, 0.25) is 5.02 Å². The monoisotopic (exact) mass is 241 g/mol. The van der Waals surface area contributed by atoms with E-state index >= 15 is 0 Å². The maximum atomic E-state index is 11.7. The Hall–Kier alpha value is -1.42. The third-order valence-corrected chi connectivity index (χ3v) is 1.98. The van der Waals surface area contributed by atoms with Gasteiger partial charge in [0.05, 0.1) is 10.6 Å². The van der Waals surface area contributed by atoms with Crippen LogP contribution in [-0.2, 0) is 4.74 Å². The van der Waals surface area contributed by atoms with Crippen molar-refractivity contribution in [2.24, 2.45) is 0 Å². The van der Waals surface area contributed by atoms with Crippen LogP contribution in [0.25, 0.3) is 0 Å². The van der Waals surface area contributed by atoms with Gasteiger partial charge in [-0.15, -0.1) is 0 Å². The molecule has 0 aliphatic carbocycles. The molecule has 4 nitrogen and oxygen atoms in total. The number of rotatable bonds is 2. The fraction of sp³-hybridized carbons (Fsp3) is 0.364. The van der Waals surface area contributed by atoms with Gasteiger partial charge in [0.2, 0.25) is 0 Å². The molecule has 0 unspecified atom stereocenters. The lowest BCUT2D eigenvalue weighted by atomic mass is 10.1. The number of carbonyl (C=O) groups excluding carboxylic acids is 2. The Morgan fingerprint density at radius 3 is 2.62 bits per heavy atom. The molecule has 1 rings (SSSR count). The predicted octanol–water partition coefficient (Wildman–Crippen LogP) is 2.50. The van der Waals surface area contributed by atoms with Crippen molar-refractivity contribution in [3.8, 4) is 0 Å². The molecule has 0 aliphatic heterocycles. The van der Waals surface area contributed by atoms with E-state index in [4.69, 9.17) is 16.3 Å². The topological polar surface area (TPSA) is 56.3 Å². The fourth-order valence-corrected chi connectivity index (χ4v) is 1.24. The molecule has 1 aromatic heterocycles. The molecule has 1 aromatic rings. The van der Waals surface area contributed by atoms with Gasteiger partial charge in [-0.2, -0.15) is 0 Å². The van der Waals surface area contributed by atoms with Crippen LogP contribution in [0.5, 0.6) is 0 Å². The minimum Gasteiger partial charge on any atom is -0.455 e. The number of hydrogen-bond donors (Lipinski definition) is 0. The summed E-state index contributed by atoms with van der Waals surface area (Å²) in [6.45, 7) is 5.20. The molecule has 0 aliphatic rings. The molecule has 5 heteroatoms. The van der Waals surface area contributed by atoms with Gasteiger partial charge in [-0.1, -0.05) is 11.6 Å². The molecule has 0 bridgehead atoms. The molecule has 0 saturated carbocycles. The second-order valence-electron chi connectivity index (χ2n) is 4.17. The van der Waals surface area contributed by atoms with E-state index in [0.29, 0.717) is 6.29 Å². The van der Waals surface area contributed by atoms with Crippen molar-refractivity contribution < 1.29 is 14.3 Å². The van der Waals surface area contributed by atoms with Gasteiger partial charge in [0.1, 0.15) is 5.60 Å². The third kappa shape index (κ3) is 3.03. The zero-order valence-electron chi connectivity index (χ0n) is 9.28. The highest BCUT2D eigenvalue weighted by Gasteiger charge is 2.22. The Bertz CT molecular complexity index is 424. The van der Waals surface area contributed by atoms with Crippen LogP contribution in [0.3, 0.4) is 0 Å². The Labute approximate surface area is 98.6 Å². The first-order valence-corrected chi connectivity index (χ1v) is 5.06. The molecule has 0 saturated heterocycles. The fourth-order valence-electron chi connectivity index (χ4n) is 1.05.